The number of carbonyl (C=O) groups excluding carboxylic acids is 1. The fraction of sp³-hybridized carbons (Fsp3) is 0.250. The molecule has 148 valence electrons. The summed E-state index contributed by atoms with van der Waals surface area (Å²) in [5, 5.41) is 14.5. The zero-order valence-electron chi connectivity index (χ0n) is 16.2. The molecule has 0 aliphatic heterocycles. The number of rotatable bonds is 7. The van der Waals surface area contributed by atoms with Gasteiger partial charge in [-0.2, -0.15) is 0 Å². The third-order valence-corrected chi connectivity index (χ3v) is 4.39. The van der Waals surface area contributed by atoms with Crippen LogP contribution in [0.25, 0.3) is 11.0 Å². The molecule has 1 amide bonds. The van der Waals surface area contributed by atoms with E-state index in [2.05, 4.69) is 30.8 Å². The van der Waals surface area contributed by atoms with Gasteiger partial charge < -0.3 is 15.0 Å². The Labute approximate surface area is 167 Å². The molecule has 0 aliphatic carbocycles. The number of ether oxygens (including phenoxy) is 1. The molecule has 9 heteroatoms. The van der Waals surface area contributed by atoms with Crippen molar-refractivity contribution in [2.75, 3.05) is 0 Å². The second-order valence-corrected chi connectivity index (χ2v) is 6.83. The van der Waals surface area contributed by atoms with Gasteiger partial charge >= 0.3 is 0 Å². The summed E-state index contributed by atoms with van der Waals surface area (Å²) in [6.07, 6.45) is 0. The second-order valence-electron chi connectivity index (χ2n) is 6.83. The first-order valence-corrected chi connectivity index (χ1v) is 9.31. The number of aromatic nitrogens is 6. The van der Waals surface area contributed by atoms with Crippen molar-refractivity contribution in [1.29, 1.82) is 0 Å². The smallest absolute Gasteiger partial charge is 0.251 e. The molecule has 0 spiro atoms. The van der Waals surface area contributed by atoms with E-state index < -0.39 is 0 Å². The molecule has 0 saturated heterocycles. The predicted octanol–water partition coefficient (Wildman–Crippen LogP) is 2.64. The summed E-state index contributed by atoms with van der Waals surface area (Å²) in [6, 6.07) is 14.8. The van der Waals surface area contributed by atoms with Crippen molar-refractivity contribution in [2.45, 2.75) is 33.0 Å². The summed E-state index contributed by atoms with van der Waals surface area (Å²) in [6.45, 7) is 4.57. The zero-order valence-corrected chi connectivity index (χ0v) is 16.2. The molecule has 9 nitrogen and oxygen atoms in total. The maximum atomic E-state index is 12.4. The molecule has 2 heterocycles. The van der Waals surface area contributed by atoms with E-state index in [4.69, 9.17) is 4.74 Å². The van der Waals surface area contributed by atoms with Crippen molar-refractivity contribution in [3.63, 3.8) is 0 Å². The lowest BCUT2D eigenvalue weighted by Crippen LogP contribution is -2.23. The van der Waals surface area contributed by atoms with Gasteiger partial charge in [-0.3, -0.25) is 4.79 Å². The first-order valence-electron chi connectivity index (χ1n) is 9.31. The lowest BCUT2D eigenvalue weighted by molar-refractivity contribution is 0.0950. The van der Waals surface area contributed by atoms with Gasteiger partial charge in [-0.15, -0.1) is 5.10 Å². The van der Waals surface area contributed by atoms with Gasteiger partial charge in [-0.25, -0.2) is 9.67 Å². The number of tetrazole rings is 1. The molecule has 0 saturated carbocycles. The Morgan fingerprint density at radius 3 is 2.72 bits per heavy atom. The van der Waals surface area contributed by atoms with Crippen LogP contribution in [-0.2, 0) is 13.2 Å². The minimum atomic E-state index is -0.180. The van der Waals surface area contributed by atoms with Gasteiger partial charge in [0.25, 0.3) is 5.91 Å². The lowest BCUT2D eigenvalue weighted by atomic mass is 10.2. The number of para-hydroxylation sites is 2. The number of aromatic amines is 1. The quantitative estimate of drug-likeness (QED) is 0.501. The molecule has 0 radical (unpaired) electrons. The van der Waals surface area contributed by atoms with Crippen molar-refractivity contribution >= 4 is 16.9 Å². The molecule has 0 atom stereocenters. The SMILES string of the molecule is CC(C)n1nnnc1COc1ccc(C(=O)NCc2nc3ccccc3[nH]2)cc1. The fourth-order valence-electron chi connectivity index (χ4n) is 2.91. The van der Waals surface area contributed by atoms with Crippen molar-refractivity contribution in [3.8, 4) is 5.75 Å². The van der Waals surface area contributed by atoms with E-state index in [9.17, 15) is 4.79 Å². The Kier molecular flexibility index (Phi) is 5.19. The van der Waals surface area contributed by atoms with Gasteiger partial charge in [0.1, 0.15) is 18.2 Å². The van der Waals surface area contributed by atoms with Gasteiger partial charge in [0.05, 0.1) is 23.6 Å². The number of hydrogen-bond donors (Lipinski definition) is 2. The highest BCUT2D eigenvalue weighted by Gasteiger charge is 2.11. The minimum absolute atomic E-state index is 0.154. The third kappa shape index (κ3) is 4.23. The highest BCUT2D eigenvalue weighted by Crippen LogP contribution is 2.15. The van der Waals surface area contributed by atoms with Gasteiger partial charge in [0, 0.05) is 5.56 Å². The molecule has 4 aromatic rings. The average molecular weight is 391 g/mol. The summed E-state index contributed by atoms with van der Waals surface area (Å²) < 4.78 is 7.44. The van der Waals surface area contributed by atoms with Crippen LogP contribution in [0.4, 0.5) is 0 Å². The van der Waals surface area contributed by atoms with Crippen molar-refractivity contribution in [2.24, 2.45) is 0 Å². The number of hydrogen-bond acceptors (Lipinski definition) is 6. The van der Waals surface area contributed by atoms with Gasteiger partial charge in [0.2, 0.25) is 0 Å². The standard InChI is InChI=1S/C20H21N7O2/c1-13(2)27-19(24-25-26-27)12-29-15-9-7-14(8-10-15)20(28)21-11-18-22-16-5-3-4-6-17(16)23-18/h3-10,13H,11-12H2,1-2H3,(H,21,28)(H,22,23). The van der Waals surface area contributed by atoms with E-state index in [0.29, 0.717) is 29.5 Å². The summed E-state index contributed by atoms with van der Waals surface area (Å²) in [7, 11) is 0. The van der Waals surface area contributed by atoms with Crippen LogP contribution in [0.15, 0.2) is 48.5 Å². The number of carbonyl (C=O) groups is 1. The van der Waals surface area contributed by atoms with E-state index in [1.165, 1.54) is 0 Å². The van der Waals surface area contributed by atoms with Gasteiger partial charge in [0.15, 0.2) is 5.82 Å². The molecule has 0 aliphatic rings. The number of H-pyrrole nitrogens is 1. The molecular formula is C20H21N7O2. The summed E-state index contributed by atoms with van der Waals surface area (Å²) >= 11 is 0. The maximum Gasteiger partial charge on any atom is 0.251 e. The Morgan fingerprint density at radius 2 is 1.97 bits per heavy atom. The van der Waals surface area contributed by atoms with E-state index in [-0.39, 0.29) is 18.6 Å². The molecule has 4 rings (SSSR count). The number of amides is 1. The van der Waals surface area contributed by atoms with Gasteiger partial charge in [-0.1, -0.05) is 12.1 Å². The number of benzene rings is 2. The molecule has 0 bridgehead atoms. The maximum absolute atomic E-state index is 12.4. The molecule has 0 unspecified atom stereocenters. The van der Waals surface area contributed by atoms with Crippen LogP contribution in [0.3, 0.4) is 0 Å². The first-order chi connectivity index (χ1) is 14.1. The van der Waals surface area contributed by atoms with Crippen LogP contribution in [0.1, 0.15) is 41.9 Å². The predicted molar refractivity (Wildman–Crippen MR) is 106 cm³/mol. The van der Waals surface area contributed by atoms with Crippen molar-refractivity contribution in [3.05, 3.63) is 65.7 Å². The molecule has 29 heavy (non-hydrogen) atoms. The summed E-state index contributed by atoms with van der Waals surface area (Å²) in [5.74, 6) is 1.81. The van der Waals surface area contributed by atoms with E-state index >= 15 is 0 Å². The zero-order chi connectivity index (χ0) is 20.2. The van der Waals surface area contributed by atoms with Crippen LogP contribution in [0, 0.1) is 0 Å². The van der Waals surface area contributed by atoms with Crippen LogP contribution < -0.4 is 10.1 Å². The number of fused-ring (bicyclic) bond motifs is 1. The summed E-state index contributed by atoms with van der Waals surface area (Å²) in [5.41, 5.74) is 2.36. The van der Waals surface area contributed by atoms with Crippen LogP contribution in [0.5, 0.6) is 5.75 Å². The normalized spacial score (nSPS) is 11.1. The third-order valence-electron chi connectivity index (χ3n) is 4.39. The molecule has 2 aromatic carbocycles. The monoisotopic (exact) mass is 391 g/mol. The number of nitrogens with zero attached hydrogens (tertiary/aromatic N) is 5. The Bertz CT molecular complexity index is 1080. The van der Waals surface area contributed by atoms with Crippen molar-refractivity contribution < 1.29 is 9.53 Å². The van der Waals surface area contributed by atoms with E-state index in [0.717, 1.165) is 11.0 Å². The van der Waals surface area contributed by atoms with Crippen LogP contribution in [0.2, 0.25) is 0 Å². The van der Waals surface area contributed by atoms with E-state index in [1.807, 2.05) is 38.1 Å². The number of imidazole rings is 1. The second kappa shape index (κ2) is 8.09. The Hall–Kier alpha value is -3.75. The van der Waals surface area contributed by atoms with Crippen molar-refractivity contribution in [1.82, 2.24) is 35.5 Å². The summed E-state index contributed by atoms with van der Waals surface area (Å²) in [4.78, 5) is 20.0. The van der Waals surface area contributed by atoms with Crippen LogP contribution in [-0.4, -0.2) is 36.1 Å². The topological polar surface area (TPSA) is 111 Å². The highest BCUT2D eigenvalue weighted by atomic mass is 16.5. The molecule has 2 aromatic heterocycles. The largest absolute Gasteiger partial charge is 0.486 e. The molecule has 2 N–H and O–H groups in total. The van der Waals surface area contributed by atoms with Crippen LogP contribution >= 0.6 is 0 Å². The highest BCUT2D eigenvalue weighted by molar-refractivity contribution is 5.94. The molecule has 0 fully saturated rings. The fourth-order valence-corrected chi connectivity index (χ4v) is 2.91. The molecular weight excluding hydrogens is 370 g/mol. The Balaban J connectivity index is 1.33. The lowest BCUT2D eigenvalue weighted by Gasteiger charge is -2.09. The van der Waals surface area contributed by atoms with E-state index in [1.54, 1.807) is 28.9 Å². The Morgan fingerprint density at radius 1 is 1.17 bits per heavy atom. The minimum Gasteiger partial charge on any atom is -0.486 e. The number of nitrogens with one attached hydrogen (secondary N) is 2. The van der Waals surface area contributed by atoms with Gasteiger partial charge in [-0.05, 0) is 60.7 Å². The first kappa shape index (κ1) is 18.6. The average Bonchev–Trinajstić information content (AvgIpc) is 3.37.